The smallest absolute Gasteiger partial charge is 0.276 e. The monoisotopic (exact) mass is 382 g/mol. The van der Waals surface area contributed by atoms with Crippen molar-refractivity contribution in [3.63, 3.8) is 0 Å². The zero-order valence-corrected chi connectivity index (χ0v) is 15.1. The van der Waals surface area contributed by atoms with Gasteiger partial charge in [0.15, 0.2) is 0 Å². The first-order valence-electron chi connectivity index (χ1n) is 8.77. The summed E-state index contributed by atoms with van der Waals surface area (Å²) < 4.78 is 59.8. The molecule has 0 atom stereocenters. The molecule has 2 aliphatic heterocycles. The summed E-state index contributed by atoms with van der Waals surface area (Å²) in [6.45, 7) is 1.86. The van der Waals surface area contributed by atoms with Gasteiger partial charge in [-0.15, -0.1) is 0 Å². The largest absolute Gasteiger partial charge is 0.446 e. The predicted molar refractivity (Wildman–Crippen MR) is 92.4 cm³/mol. The van der Waals surface area contributed by atoms with Crippen LogP contribution < -0.4 is 4.90 Å². The van der Waals surface area contributed by atoms with Crippen LogP contribution >= 0.6 is 0 Å². The third-order valence-electron chi connectivity index (χ3n) is 4.94. The molecule has 2 aromatic rings. The third kappa shape index (κ3) is 3.12. The number of aryl methyl sites for hydroxylation is 1. The van der Waals surface area contributed by atoms with Crippen LogP contribution in [0.1, 0.15) is 30.6 Å². The van der Waals surface area contributed by atoms with E-state index in [2.05, 4.69) is 0 Å². The quantitative estimate of drug-likeness (QED) is 0.814. The van der Waals surface area contributed by atoms with Crippen molar-refractivity contribution in [3.05, 3.63) is 47.2 Å². The van der Waals surface area contributed by atoms with Gasteiger partial charge in [-0.1, -0.05) is 0 Å². The fourth-order valence-corrected chi connectivity index (χ4v) is 5.17. The van der Waals surface area contributed by atoms with Gasteiger partial charge in [0.25, 0.3) is 10.0 Å². The van der Waals surface area contributed by atoms with Crippen LogP contribution in [-0.2, 0) is 23.0 Å². The molecule has 3 heterocycles. The Morgan fingerprint density at radius 3 is 2.58 bits per heavy atom. The third-order valence-corrected chi connectivity index (χ3v) is 6.71. The van der Waals surface area contributed by atoms with Gasteiger partial charge < -0.3 is 9.32 Å². The fraction of sp³-hybridized carbons (Fsp3) is 0.444. The van der Waals surface area contributed by atoms with Crippen LogP contribution in [0.2, 0.25) is 0 Å². The zero-order valence-electron chi connectivity index (χ0n) is 14.2. The first-order chi connectivity index (χ1) is 12.4. The van der Waals surface area contributed by atoms with E-state index < -0.39 is 21.7 Å². The van der Waals surface area contributed by atoms with Crippen LogP contribution in [0.25, 0.3) is 0 Å². The Bertz CT molecular complexity index is 921. The molecule has 140 valence electrons. The second-order valence-electron chi connectivity index (χ2n) is 6.75. The van der Waals surface area contributed by atoms with E-state index in [0.29, 0.717) is 43.1 Å². The number of fused-ring (bicyclic) bond motifs is 1. The normalized spacial score (nSPS) is 18.3. The van der Waals surface area contributed by atoms with Crippen molar-refractivity contribution >= 4 is 15.7 Å². The highest BCUT2D eigenvalue weighted by Crippen LogP contribution is 2.33. The summed E-state index contributed by atoms with van der Waals surface area (Å²) in [4.78, 5) is 1.78. The Morgan fingerprint density at radius 1 is 1.04 bits per heavy atom. The second-order valence-corrected chi connectivity index (χ2v) is 8.62. The molecular weight excluding hydrogens is 362 g/mol. The fourth-order valence-electron chi connectivity index (χ4n) is 3.72. The minimum absolute atomic E-state index is 0.0776. The number of anilines is 1. The van der Waals surface area contributed by atoms with Gasteiger partial charge in [-0.3, -0.25) is 0 Å². The molecule has 0 spiro atoms. The lowest BCUT2D eigenvalue weighted by atomic mass is 10.0. The van der Waals surface area contributed by atoms with E-state index in [1.54, 1.807) is 11.0 Å². The maximum absolute atomic E-state index is 14.3. The van der Waals surface area contributed by atoms with Crippen molar-refractivity contribution in [2.24, 2.45) is 0 Å². The topological polar surface area (TPSA) is 53.8 Å². The molecular formula is C18H20F2N2O3S. The number of halogens is 2. The highest BCUT2D eigenvalue weighted by Gasteiger charge is 2.30. The average Bonchev–Trinajstić information content (AvgIpc) is 3.26. The number of furan rings is 1. The summed E-state index contributed by atoms with van der Waals surface area (Å²) in [5.74, 6) is -0.740. The average molecular weight is 382 g/mol. The van der Waals surface area contributed by atoms with E-state index in [1.807, 2.05) is 0 Å². The Labute approximate surface area is 151 Å². The molecule has 26 heavy (non-hydrogen) atoms. The molecule has 0 saturated carbocycles. The van der Waals surface area contributed by atoms with Crippen LogP contribution in [0.4, 0.5) is 14.5 Å². The number of rotatable bonds is 4. The SMILES string of the molecule is O=S(=O)(c1ccc(CN2CCCc3cc(F)cc(F)c32)o1)N1CCCC1. The van der Waals surface area contributed by atoms with Crippen LogP contribution in [0, 0.1) is 11.6 Å². The van der Waals surface area contributed by atoms with E-state index in [0.717, 1.165) is 25.3 Å². The second kappa shape index (κ2) is 6.66. The van der Waals surface area contributed by atoms with E-state index in [1.165, 1.54) is 16.4 Å². The predicted octanol–water partition coefficient (Wildman–Crippen LogP) is 3.30. The maximum atomic E-state index is 14.3. The molecule has 0 radical (unpaired) electrons. The van der Waals surface area contributed by atoms with Crippen molar-refractivity contribution in [3.8, 4) is 0 Å². The molecule has 0 N–H and O–H groups in total. The lowest BCUT2D eigenvalue weighted by molar-refractivity contribution is 0.386. The van der Waals surface area contributed by atoms with Crippen molar-refractivity contribution in [2.75, 3.05) is 24.5 Å². The van der Waals surface area contributed by atoms with Gasteiger partial charge in [0, 0.05) is 25.7 Å². The molecule has 0 aliphatic carbocycles. The van der Waals surface area contributed by atoms with Crippen LogP contribution in [0.5, 0.6) is 0 Å². The van der Waals surface area contributed by atoms with Gasteiger partial charge in [0.1, 0.15) is 17.4 Å². The summed E-state index contributed by atoms with van der Waals surface area (Å²) in [6, 6.07) is 5.30. The number of sulfonamides is 1. The van der Waals surface area contributed by atoms with E-state index in [9.17, 15) is 17.2 Å². The molecule has 1 saturated heterocycles. The minimum atomic E-state index is -3.61. The number of benzene rings is 1. The van der Waals surface area contributed by atoms with Gasteiger partial charge in [-0.2, -0.15) is 4.31 Å². The summed E-state index contributed by atoms with van der Waals surface area (Å²) in [5, 5.41) is -0.0776. The minimum Gasteiger partial charge on any atom is -0.446 e. The van der Waals surface area contributed by atoms with Crippen LogP contribution in [0.3, 0.4) is 0 Å². The van der Waals surface area contributed by atoms with Gasteiger partial charge in [0.05, 0.1) is 12.2 Å². The van der Waals surface area contributed by atoms with Crippen molar-refractivity contribution < 1.29 is 21.6 Å². The van der Waals surface area contributed by atoms with E-state index in [-0.39, 0.29) is 11.6 Å². The first-order valence-corrected chi connectivity index (χ1v) is 10.2. The molecule has 1 aromatic heterocycles. The number of nitrogens with zero attached hydrogens (tertiary/aromatic N) is 2. The molecule has 1 fully saturated rings. The Kier molecular flexibility index (Phi) is 4.48. The summed E-state index contributed by atoms with van der Waals surface area (Å²) in [7, 11) is -3.61. The molecule has 0 bridgehead atoms. The van der Waals surface area contributed by atoms with Crippen molar-refractivity contribution in [1.29, 1.82) is 0 Å². The van der Waals surface area contributed by atoms with Crippen molar-refractivity contribution in [1.82, 2.24) is 4.31 Å². The van der Waals surface area contributed by atoms with Gasteiger partial charge in [0.2, 0.25) is 5.09 Å². The number of hydrogen-bond donors (Lipinski definition) is 0. The summed E-state index contributed by atoms with van der Waals surface area (Å²) in [5.41, 5.74) is 1.00. The highest BCUT2D eigenvalue weighted by molar-refractivity contribution is 7.89. The first kappa shape index (κ1) is 17.5. The molecule has 8 heteroatoms. The zero-order chi connectivity index (χ0) is 18.3. The Hall–Kier alpha value is -1.93. The Balaban J connectivity index is 1.58. The molecule has 1 aromatic carbocycles. The van der Waals surface area contributed by atoms with Gasteiger partial charge in [-0.25, -0.2) is 17.2 Å². The highest BCUT2D eigenvalue weighted by atomic mass is 32.2. The van der Waals surface area contributed by atoms with Crippen molar-refractivity contribution in [2.45, 2.75) is 37.3 Å². The van der Waals surface area contributed by atoms with Gasteiger partial charge >= 0.3 is 0 Å². The summed E-state index contributed by atoms with van der Waals surface area (Å²) >= 11 is 0. The number of hydrogen-bond acceptors (Lipinski definition) is 4. The van der Waals surface area contributed by atoms with E-state index in [4.69, 9.17) is 4.42 Å². The lowest BCUT2D eigenvalue weighted by Crippen LogP contribution is -2.30. The molecule has 0 unspecified atom stereocenters. The van der Waals surface area contributed by atoms with Gasteiger partial charge in [-0.05, 0) is 49.4 Å². The maximum Gasteiger partial charge on any atom is 0.276 e. The Morgan fingerprint density at radius 2 is 1.81 bits per heavy atom. The summed E-state index contributed by atoms with van der Waals surface area (Å²) in [6.07, 6.45) is 3.10. The molecule has 0 amide bonds. The van der Waals surface area contributed by atoms with E-state index >= 15 is 0 Å². The molecule has 2 aliphatic rings. The standard InChI is InChI=1S/C18H20F2N2O3S/c19-14-10-13-4-3-7-21(18(13)16(20)11-14)12-15-5-6-17(25-15)26(23,24)22-8-1-2-9-22/h5-6,10-11H,1-4,7-9,12H2. The molecule has 5 nitrogen and oxygen atoms in total. The van der Waals surface area contributed by atoms with Crippen LogP contribution in [0.15, 0.2) is 33.8 Å². The molecule has 4 rings (SSSR count). The lowest BCUT2D eigenvalue weighted by Gasteiger charge is -2.31. The van der Waals surface area contributed by atoms with Crippen LogP contribution in [-0.4, -0.2) is 32.4 Å².